The standard InChI is InChI=1S/C14H11BOS2/c1-2-6-12(7-3-1)15(13-8-4-10-17-13)16-14-9-5-11-18-14/h1-11H. The van der Waals surface area contributed by atoms with Crippen molar-refractivity contribution in [1.82, 2.24) is 0 Å². The lowest BCUT2D eigenvalue weighted by atomic mass is 9.60. The molecule has 1 nitrogen and oxygen atoms in total. The van der Waals surface area contributed by atoms with E-state index >= 15 is 0 Å². The first-order chi connectivity index (χ1) is 8.93. The molecule has 0 bridgehead atoms. The van der Waals surface area contributed by atoms with Gasteiger partial charge in [0.05, 0.1) is 0 Å². The molecule has 3 rings (SSSR count). The van der Waals surface area contributed by atoms with Crippen molar-refractivity contribution in [2.24, 2.45) is 0 Å². The van der Waals surface area contributed by atoms with Crippen molar-refractivity contribution in [3.63, 3.8) is 0 Å². The van der Waals surface area contributed by atoms with Crippen LogP contribution < -0.4 is 14.9 Å². The Kier molecular flexibility index (Phi) is 3.48. The van der Waals surface area contributed by atoms with E-state index in [-0.39, 0.29) is 6.92 Å². The third kappa shape index (κ3) is 2.50. The van der Waals surface area contributed by atoms with E-state index in [9.17, 15) is 0 Å². The van der Waals surface area contributed by atoms with Crippen molar-refractivity contribution in [2.75, 3.05) is 0 Å². The van der Waals surface area contributed by atoms with Crippen LogP contribution in [0.4, 0.5) is 0 Å². The first-order valence-corrected chi connectivity index (χ1v) is 7.48. The number of rotatable bonds is 4. The van der Waals surface area contributed by atoms with Gasteiger partial charge in [-0.25, -0.2) is 0 Å². The highest BCUT2D eigenvalue weighted by molar-refractivity contribution is 7.23. The third-order valence-electron chi connectivity index (χ3n) is 2.63. The zero-order valence-corrected chi connectivity index (χ0v) is 11.3. The van der Waals surface area contributed by atoms with Crippen molar-refractivity contribution >= 4 is 39.8 Å². The van der Waals surface area contributed by atoms with Crippen molar-refractivity contribution in [3.05, 3.63) is 65.4 Å². The Morgan fingerprint density at radius 1 is 0.778 bits per heavy atom. The summed E-state index contributed by atoms with van der Waals surface area (Å²) in [5.41, 5.74) is 1.19. The van der Waals surface area contributed by atoms with Crippen LogP contribution in [0.1, 0.15) is 0 Å². The maximum absolute atomic E-state index is 6.11. The van der Waals surface area contributed by atoms with E-state index < -0.39 is 0 Å². The van der Waals surface area contributed by atoms with Gasteiger partial charge in [0.15, 0.2) is 5.06 Å². The summed E-state index contributed by atoms with van der Waals surface area (Å²) in [6, 6.07) is 18.5. The molecule has 0 spiro atoms. The molecule has 0 fully saturated rings. The normalized spacial score (nSPS) is 10.2. The Morgan fingerprint density at radius 3 is 2.22 bits per heavy atom. The van der Waals surface area contributed by atoms with Gasteiger partial charge in [0.25, 0.3) is 0 Å². The first kappa shape index (κ1) is 11.6. The van der Waals surface area contributed by atoms with E-state index in [1.807, 2.05) is 35.7 Å². The van der Waals surface area contributed by atoms with Gasteiger partial charge < -0.3 is 4.65 Å². The minimum atomic E-state index is -0.00940. The number of hydrogen-bond donors (Lipinski definition) is 0. The summed E-state index contributed by atoms with van der Waals surface area (Å²) in [6.45, 7) is -0.00940. The van der Waals surface area contributed by atoms with E-state index in [0.717, 1.165) is 5.06 Å². The number of hydrogen-bond acceptors (Lipinski definition) is 3. The summed E-state index contributed by atoms with van der Waals surface area (Å²) in [4.78, 5) is 0. The second-order valence-corrected chi connectivity index (χ2v) is 5.75. The van der Waals surface area contributed by atoms with Crippen molar-refractivity contribution in [1.29, 1.82) is 0 Å². The largest absolute Gasteiger partial charge is 0.543 e. The molecule has 2 heterocycles. The van der Waals surface area contributed by atoms with Gasteiger partial charge in [-0.05, 0) is 28.4 Å². The highest BCUT2D eigenvalue weighted by Gasteiger charge is 2.24. The fourth-order valence-corrected chi connectivity index (χ4v) is 3.18. The second-order valence-electron chi connectivity index (χ2n) is 3.86. The fraction of sp³-hybridized carbons (Fsp3) is 0. The van der Waals surface area contributed by atoms with Crippen LogP contribution in [0.15, 0.2) is 65.4 Å². The van der Waals surface area contributed by atoms with Gasteiger partial charge in [0.2, 0.25) is 0 Å². The molecule has 0 radical (unpaired) electrons. The van der Waals surface area contributed by atoms with Crippen LogP contribution in [-0.2, 0) is 0 Å². The Morgan fingerprint density at radius 2 is 1.56 bits per heavy atom. The van der Waals surface area contributed by atoms with Crippen molar-refractivity contribution < 1.29 is 4.65 Å². The van der Waals surface area contributed by atoms with Gasteiger partial charge in [0, 0.05) is 4.78 Å². The molecule has 3 aromatic rings. The van der Waals surface area contributed by atoms with Gasteiger partial charge in [0.1, 0.15) is 0 Å². The summed E-state index contributed by atoms with van der Waals surface area (Å²) in [5.74, 6) is 0. The number of thiophene rings is 2. The Bertz CT molecular complexity index is 576. The predicted octanol–water partition coefficient (Wildman–Crippen LogP) is 2.99. The van der Waals surface area contributed by atoms with Gasteiger partial charge >= 0.3 is 6.92 Å². The molecule has 0 unspecified atom stereocenters. The smallest absolute Gasteiger partial charge is 0.437 e. The summed E-state index contributed by atoms with van der Waals surface area (Å²) in [5, 5.41) is 5.08. The molecule has 4 heteroatoms. The zero-order valence-electron chi connectivity index (χ0n) is 9.65. The lowest BCUT2D eigenvalue weighted by Crippen LogP contribution is -2.45. The minimum absolute atomic E-state index is 0.00940. The van der Waals surface area contributed by atoms with Crippen LogP contribution in [0.2, 0.25) is 0 Å². The quantitative estimate of drug-likeness (QED) is 0.662. The zero-order chi connectivity index (χ0) is 12.2. The predicted molar refractivity (Wildman–Crippen MR) is 80.7 cm³/mol. The molecule has 88 valence electrons. The Hall–Kier alpha value is -1.52. The van der Waals surface area contributed by atoms with Crippen LogP contribution in [-0.4, -0.2) is 6.92 Å². The Labute approximate surface area is 115 Å². The molecule has 0 amide bonds. The first-order valence-electron chi connectivity index (χ1n) is 5.72. The van der Waals surface area contributed by atoms with Gasteiger partial charge in [-0.2, -0.15) is 11.3 Å². The fourth-order valence-electron chi connectivity index (χ4n) is 1.81. The minimum Gasteiger partial charge on any atom is -0.543 e. The third-order valence-corrected chi connectivity index (χ3v) is 4.31. The second kappa shape index (κ2) is 5.42. The lowest BCUT2D eigenvalue weighted by molar-refractivity contribution is 0.610. The molecule has 0 N–H and O–H groups in total. The topological polar surface area (TPSA) is 9.23 Å². The molecule has 0 saturated carbocycles. The van der Waals surface area contributed by atoms with Crippen molar-refractivity contribution in [3.8, 4) is 5.06 Å². The van der Waals surface area contributed by atoms with Crippen LogP contribution in [0.25, 0.3) is 0 Å². The summed E-state index contributed by atoms with van der Waals surface area (Å²) >= 11 is 3.35. The Balaban J connectivity index is 1.94. The highest BCUT2D eigenvalue weighted by atomic mass is 32.1. The van der Waals surface area contributed by atoms with E-state index in [1.165, 1.54) is 10.2 Å². The van der Waals surface area contributed by atoms with Crippen LogP contribution in [0.5, 0.6) is 5.06 Å². The summed E-state index contributed by atoms with van der Waals surface area (Å²) < 4.78 is 7.34. The SMILES string of the molecule is c1ccc(B(Oc2cccs2)c2cccs2)cc1. The van der Waals surface area contributed by atoms with Gasteiger partial charge in [-0.1, -0.05) is 42.5 Å². The van der Waals surface area contributed by atoms with E-state index in [0.29, 0.717) is 0 Å². The van der Waals surface area contributed by atoms with E-state index in [1.54, 1.807) is 22.7 Å². The lowest BCUT2D eigenvalue weighted by Gasteiger charge is -2.13. The van der Waals surface area contributed by atoms with E-state index in [2.05, 4.69) is 29.6 Å². The van der Waals surface area contributed by atoms with Gasteiger partial charge in [-0.3, -0.25) is 0 Å². The molecule has 0 aliphatic heterocycles. The van der Waals surface area contributed by atoms with Crippen LogP contribution >= 0.6 is 22.7 Å². The molecule has 0 saturated heterocycles. The molecule has 1 aromatic carbocycles. The summed E-state index contributed by atoms with van der Waals surface area (Å²) in [6.07, 6.45) is 0. The average molecular weight is 270 g/mol. The molecule has 18 heavy (non-hydrogen) atoms. The maximum atomic E-state index is 6.11. The molecule has 2 aromatic heterocycles. The van der Waals surface area contributed by atoms with E-state index in [4.69, 9.17) is 4.65 Å². The van der Waals surface area contributed by atoms with Crippen LogP contribution in [0.3, 0.4) is 0 Å². The molecule has 0 aliphatic carbocycles. The molecule has 0 aliphatic rings. The monoisotopic (exact) mass is 270 g/mol. The van der Waals surface area contributed by atoms with Crippen LogP contribution in [0, 0.1) is 0 Å². The maximum Gasteiger partial charge on any atom is 0.437 e. The van der Waals surface area contributed by atoms with Crippen molar-refractivity contribution in [2.45, 2.75) is 0 Å². The molecular formula is C14H11BOS2. The number of benzene rings is 1. The average Bonchev–Trinajstić information content (AvgIpc) is 3.10. The molecule has 0 atom stereocenters. The highest BCUT2D eigenvalue weighted by Crippen LogP contribution is 2.19. The van der Waals surface area contributed by atoms with Gasteiger partial charge in [-0.15, -0.1) is 11.3 Å². The molecular weight excluding hydrogens is 259 g/mol. The summed E-state index contributed by atoms with van der Waals surface area (Å²) in [7, 11) is 0.